The minimum atomic E-state index is -0.283. The molecule has 0 aliphatic heterocycles. The number of aromatic nitrogens is 2. The van der Waals surface area contributed by atoms with E-state index in [2.05, 4.69) is 62.3 Å². The van der Waals surface area contributed by atoms with Crippen LogP contribution >= 0.6 is 0 Å². The normalized spacial score (nSPS) is 12.7. The lowest BCUT2D eigenvalue weighted by Crippen LogP contribution is -2.35. The summed E-state index contributed by atoms with van der Waals surface area (Å²) in [6.07, 6.45) is 0. The number of nitrogens with zero attached hydrogens (tertiary/aromatic N) is 2. The van der Waals surface area contributed by atoms with Crippen molar-refractivity contribution < 1.29 is 4.42 Å². The average Bonchev–Trinajstić information content (AvgIpc) is 2.86. The lowest BCUT2D eigenvalue weighted by atomic mass is 9.85. The van der Waals surface area contributed by atoms with Crippen molar-refractivity contribution in [3.63, 3.8) is 0 Å². The van der Waals surface area contributed by atoms with Gasteiger partial charge in [0.1, 0.15) is 0 Å². The fraction of sp³-hybridized carbons (Fsp3) is 0.500. The number of benzene rings is 1. The van der Waals surface area contributed by atoms with Crippen LogP contribution in [0.2, 0.25) is 0 Å². The van der Waals surface area contributed by atoms with Gasteiger partial charge < -0.3 is 9.73 Å². The van der Waals surface area contributed by atoms with E-state index in [1.54, 1.807) is 0 Å². The van der Waals surface area contributed by atoms with Crippen molar-refractivity contribution in [2.45, 2.75) is 52.1 Å². The Morgan fingerprint density at radius 1 is 1.00 bits per heavy atom. The summed E-state index contributed by atoms with van der Waals surface area (Å²) in [5.74, 6) is 1.27. The Bertz CT molecular complexity index is 553. The molecule has 4 nitrogen and oxygen atoms in total. The zero-order valence-corrected chi connectivity index (χ0v) is 12.9. The maximum Gasteiger partial charge on any atom is 0.230 e. The Kier molecular flexibility index (Phi) is 3.95. The molecule has 1 aromatic heterocycles. The molecule has 0 aliphatic carbocycles. The molecule has 1 aromatic carbocycles. The van der Waals surface area contributed by atoms with Gasteiger partial charge in [-0.05, 0) is 40.2 Å². The molecule has 2 rings (SSSR count). The van der Waals surface area contributed by atoms with Gasteiger partial charge in [0.25, 0.3) is 0 Å². The fourth-order valence-electron chi connectivity index (χ4n) is 1.90. The van der Waals surface area contributed by atoms with E-state index in [9.17, 15) is 0 Å². The minimum absolute atomic E-state index is 0.0313. The van der Waals surface area contributed by atoms with Crippen LogP contribution in [0.1, 0.15) is 52.0 Å². The Balaban J connectivity index is 2.16. The summed E-state index contributed by atoms with van der Waals surface area (Å²) in [7, 11) is 0. The molecule has 0 aliphatic rings. The molecule has 0 atom stereocenters. The highest BCUT2D eigenvalue weighted by atomic mass is 16.4. The van der Waals surface area contributed by atoms with Gasteiger partial charge in [0.2, 0.25) is 11.8 Å². The molecule has 20 heavy (non-hydrogen) atoms. The standard InChI is InChI=1S/C16H23N3O/c1-15(2,3)17-11-13-18-19-14(20-13)16(4,5)12-9-7-6-8-10-12/h6-10,17H,11H2,1-5H3. The predicted octanol–water partition coefficient (Wildman–Crippen LogP) is 3.28. The van der Waals surface area contributed by atoms with Gasteiger partial charge in [0.05, 0.1) is 12.0 Å². The first-order valence-corrected chi connectivity index (χ1v) is 6.92. The van der Waals surface area contributed by atoms with Crippen LogP contribution in [0.5, 0.6) is 0 Å². The second-order valence-corrected chi connectivity index (χ2v) is 6.60. The van der Waals surface area contributed by atoms with Crippen molar-refractivity contribution in [3.8, 4) is 0 Å². The Hall–Kier alpha value is -1.68. The first-order valence-electron chi connectivity index (χ1n) is 6.92. The van der Waals surface area contributed by atoms with Crippen molar-refractivity contribution in [2.75, 3.05) is 0 Å². The Morgan fingerprint density at radius 2 is 1.65 bits per heavy atom. The van der Waals surface area contributed by atoms with Crippen LogP contribution in [-0.2, 0) is 12.0 Å². The molecule has 0 saturated heterocycles. The van der Waals surface area contributed by atoms with E-state index in [4.69, 9.17) is 4.42 Å². The van der Waals surface area contributed by atoms with Crippen LogP contribution < -0.4 is 5.32 Å². The molecule has 0 fully saturated rings. The van der Waals surface area contributed by atoms with E-state index >= 15 is 0 Å². The molecule has 0 unspecified atom stereocenters. The first kappa shape index (κ1) is 14.7. The zero-order valence-electron chi connectivity index (χ0n) is 12.9. The fourth-order valence-corrected chi connectivity index (χ4v) is 1.90. The Morgan fingerprint density at radius 3 is 2.25 bits per heavy atom. The van der Waals surface area contributed by atoms with Gasteiger partial charge in [-0.1, -0.05) is 30.3 Å². The summed E-state index contributed by atoms with van der Waals surface area (Å²) in [4.78, 5) is 0. The third-order valence-corrected chi connectivity index (χ3v) is 3.27. The molecule has 2 aromatic rings. The summed E-state index contributed by atoms with van der Waals surface area (Å²) in [6.45, 7) is 11.1. The molecule has 0 spiro atoms. The van der Waals surface area contributed by atoms with Crippen molar-refractivity contribution in [1.29, 1.82) is 0 Å². The third-order valence-electron chi connectivity index (χ3n) is 3.27. The van der Waals surface area contributed by atoms with Gasteiger partial charge in [-0.15, -0.1) is 10.2 Å². The second-order valence-electron chi connectivity index (χ2n) is 6.60. The Labute approximate surface area is 120 Å². The van der Waals surface area contributed by atoms with Crippen LogP contribution in [0.15, 0.2) is 34.7 Å². The van der Waals surface area contributed by atoms with Gasteiger partial charge >= 0.3 is 0 Å². The van der Waals surface area contributed by atoms with Crippen LogP contribution in [0.3, 0.4) is 0 Å². The topological polar surface area (TPSA) is 51.0 Å². The van der Waals surface area contributed by atoms with Crippen molar-refractivity contribution in [2.24, 2.45) is 0 Å². The molecule has 1 N–H and O–H groups in total. The zero-order chi connectivity index (χ0) is 14.8. The summed E-state index contributed by atoms with van der Waals surface area (Å²) in [5.41, 5.74) is 0.914. The van der Waals surface area contributed by atoms with E-state index in [1.807, 2.05) is 18.2 Å². The molecule has 0 radical (unpaired) electrons. The van der Waals surface area contributed by atoms with Crippen LogP contribution in [-0.4, -0.2) is 15.7 Å². The molecular formula is C16H23N3O. The lowest BCUT2D eigenvalue weighted by Gasteiger charge is -2.21. The summed E-state index contributed by atoms with van der Waals surface area (Å²) < 4.78 is 5.81. The smallest absolute Gasteiger partial charge is 0.230 e. The SMILES string of the molecule is CC(C)(C)NCc1nnc(C(C)(C)c2ccccc2)o1. The molecule has 0 bridgehead atoms. The van der Waals surface area contributed by atoms with Gasteiger partial charge in [-0.2, -0.15) is 0 Å². The summed E-state index contributed by atoms with van der Waals surface area (Å²) in [6, 6.07) is 10.2. The largest absolute Gasteiger partial charge is 0.423 e. The quantitative estimate of drug-likeness (QED) is 0.928. The molecular weight excluding hydrogens is 250 g/mol. The van der Waals surface area contributed by atoms with E-state index in [1.165, 1.54) is 5.56 Å². The highest BCUT2D eigenvalue weighted by Gasteiger charge is 2.29. The van der Waals surface area contributed by atoms with Gasteiger partial charge in [0, 0.05) is 5.54 Å². The van der Waals surface area contributed by atoms with Crippen LogP contribution in [0.4, 0.5) is 0 Å². The first-order chi connectivity index (χ1) is 9.29. The highest BCUT2D eigenvalue weighted by Crippen LogP contribution is 2.30. The van der Waals surface area contributed by atoms with E-state index < -0.39 is 0 Å². The number of hydrogen-bond acceptors (Lipinski definition) is 4. The summed E-state index contributed by atoms with van der Waals surface area (Å²) in [5, 5.41) is 11.7. The predicted molar refractivity (Wildman–Crippen MR) is 79.5 cm³/mol. The molecule has 108 valence electrons. The molecule has 0 amide bonds. The van der Waals surface area contributed by atoms with Gasteiger partial charge in [-0.3, -0.25) is 0 Å². The van der Waals surface area contributed by atoms with Gasteiger partial charge in [-0.25, -0.2) is 0 Å². The number of hydrogen-bond donors (Lipinski definition) is 1. The maximum atomic E-state index is 5.81. The minimum Gasteiger partial charge on any atom is -0.423 e. The maximum absolute atomic E-state index is 5.81. The second kappa shape index (κ2) is 5.37. The summed E-state index contributed by atoms with van der Waals surface area (Å²) >= 11 is 0. The van der Waals surface area contributed by atoms with Crippen molar-refractivity contribution in [3.05, 3.63) is 47.7 Å². The van der Waals surface area contributed by atoms with Gasteiger partial charge in [0.15, 0.2) is 0 Å². The van der Waals surface area contributed by atoms with Crippen LogP contribution in [0, 0.1) is 0 Å². The monoisotopic (exact) mass is 273 g/mol. The van der Waals surface area contributed by atoms with Crippen molar-refractivity contribution >= 4 is 0 Å². The highest BCUT2D eigenvalue weighted by molar-refractivity contribution is 5.29. The molecule has 0 saturated carbocycles. The van der Waals surface area contributed by atoms with Crippen LogP contribution in [0.25, 0.3) is 0 Å². The lowest BCUT2D eigenvalue weighted by molar-refractivity contribution is 0.349. The van der Waals surface area contributed by atoms with E-state index in [0.717, 1.165) is 0 Å². The third kappa shape index (κ3) is 3.45. The molecule has 4 heteroatoms. The van der Waals surface area contributed by atoms with Crippen molar-refractivity contribution in [1.82, 2.24) is 15.5 Å². The number of rotatable bonds is 4. The van der Waals surface area contributed by atoms with E-state index in [-0.39, 0.29) is 11.0 Å². The average molecular weight is 273 g/mol. The molecule has 1 heterocycles. The number of nitrogens with one attached hydrogen (secondary N) is 1. The van der Waals surface area contributed by atoms with E-state index in [0.29, 0.717) is 18.3 Å².